The quantitative estimate of drug-likeness (QED) is 0.848. The maximum atomic E-state index is 5.80. The van der Waals surface area contributed by atoms with Gasteiger partial charge >= 0.3 is 0 Å². The third-order valence-electron chi connectivity index (χ3n) is 3.82. The predicted molar refractivity (Wildman–Crippen MR) is 64.6 cm³/mol. The zero-order valence-electron chi connectivity index (χ0n) is 10.4. The normalized spacial score (nSPS) is 26.6. The Bertz CT molecular complexity index is 401. The van der Waals surface area contributed by atoms with Gasteiger partial charge in [-0.05, 0) is 42.3 Å². The van der Waals surface area contributed by atoms with Gasteiger partial charge in [0.1, 0.15) is 0 Å². The Morgan fingerprint density at radius 1 is 1.44 bits per heavy atom. The van der Waals surface area contributed by atoms with E-state index in [1.54, 1.807) is 7.11 Å². The minimum atomic E-state index is 0.313. The number of nitrogens with zero attached hydrogens (tertiary/aromatic N) is 1. The van der Waals surface area contributed by atoms with Gasteiger partial charge in [0.15, 0.2) is 0 Å². The van der Waals surface area contributed by atoms with Crippen LogP contribution in [-0.4, -0.2) is 18.6 Å². The molecule has 0 spiro atoms. The molecule has 2 rings (SSSR count). The van der Waals surface area contributed by atoms with Crippen molar-refractivity contribution in [3.63, 3.8) is 0 Å². The first-order valence-electron chi connectivity index (χ1n) is 5.73. The second-order valence-electron chi connectivity index (χ2n) is 5.23. The molecule has 0 aliphatic heterocycles. The van der Waals surface area contributed by atoms with Crippen LogP contribution in [0.5, 0.6) is 5.88 Å². The standard InChI is InChI=1S/C13H20N2O/c1-8-5-9(6-11(15-8)16-4)12-10(7-14)13(12,2)3/h5-6,10,12H,7,14H2,1-4H3. The summed E-state index contributed by atoms with van der Waals surface area (Å²) in [4.78, 5) is 4.31. The Morgan fingerprint density at radius 2 is 2.12 bits per heavy atom. The van der Waals surface area contributed by atoms with Crippen molar-refractivity contribution >= 4 is 0 Å². The maximum absolute atomic E-state index is 5.80. The van der Waals surface area contributed by atoms with E-state index in [0.29, 0.717) is 23.1 Å². The molecular weight excluding hydrogens is 200 g/mol. The van der Waals surface area contributed by atoms with Gasteiger partial charge in [-0.25, -0.2) is 4.98 Å². The van der Waals surface area contributed by atoms with E-state index in [-0.39, 0.29) is 0 Å². The number of hydrogen-bond donors (Lipinski definition) is 1. The first-order valence-corrected chi connectivity index (χ1v) is 5.73. The summed E-state index contributed by atoms with van der Waals surface area (Å²) >= 11 is 0. The highest BCUT2D eigenvalue weighted by atomic mass is 16.5. The fourth-order valence-electron chi connectivity index (χ4n) is 2.79. The van der Waals surface area contributed by atoms with Gasteiger partial charge in [0.25, 0.3) is 0 Å². The molecule has 0 amide bonds. The predicted octanol–water partition coefficient (Wildman–Crippen LogP) is 2.10. The maximum Gasteiger partial charge on any atom is 0.213 e. The second-order valence-corrected chi connectivity index (χ2v) is 5.23. The number of pyridine rings is 1. The topological polar surface area (TPSA) is 48.1 Å². The zero-order chi connectivity index (χ0) is 11.9. The van der Waals surface area contributed by atoms with Gasteiger partial charge in [-0.3, -0.25) is 0 Å². The van der Waals surface area contributed by atoms with Gasteiger partial charge in [0.2, 0.25) is 5.88 Å². The van der Waals surface area contributed by atoms with Crippen molar-refractivity contribution in [2.45, 2.75) is 26.7 Å². The summed E-state index contributed by atoms with van der Waals surface area (Å²) in [5.41, 5.74) is 8.43. The molecule has 3 heteroatoms. The summed E-state index contributed by atoms with van der Waals surface area (Å²) in [7, 11) is 1.66. The first-order chi connectivity index (χ1) is 7.50. The van der Waals surface area contributed by atoms with Gasteiger partial charge in [-0.15, -0.1) is 0 Å². The number of hydrogen-bond acceptors (Lipinski definition) is 3. The van der Waals surface area contributed by atoms with Crippen LogP contribution in [0.3, 0.4) is 0 Å². The molecule has 0 saturated heterocycles. The molecule has 1 aromatic heterocycles. The number of aromatic nitrogens is 1. The van der Waals surface area contributed by atoms with E-state index >= 15 is 0 Å². The van der Waals surface area contributed by atoms with E-state index in [0.717, 1.165) is 12.2 Å². The van der Waals surface area contributed by atoms with Crippen LogP contribution < -0.4 is 10.5 Å². The molecule has 1 heterocycles. The fraction of sp³-hybridized carbons (Fsp3) is 0.615. The van der Waals surface area contributed by atoms with Crippen molar-refractivity contribution in [3.05, 3.63) is 23.4 Å². The molecule has 1 fully saturated rings. The number of ether oxygens (including phenoxy) is 1. The van der Waals surface area contributed by atoms with Crippen LogP contribution in [-0.2, 0) is 0 Å². The average Bonchev–Trinajstić information content (AvgIpc) is 2.79. The van der Waals surface area contributed by atoms with Crippen molar-refractivity contribution < 1.29 is 4.74 Å². The first kappa shape index (κ1) is 11.4. The Balaban J connectivity index is 2.32. The molecule has 2 N–H and O–H groups in total. The monoisotopic (exact) mass is 220 g/mol. The third-order valence-corrected chi connectivity index (χ3v) is 3.82. The summed E-state index contributed by atoms with van der Waals surface area (Å²) < 4.78 is 5.21. The average molecular weight is 220 g/mol. The lowest BCUT2D eigenvalue weighted by atomic mass is 10.0. The van der Waals surface area contributed by atoms with Crippen LogP contribution in [0.25, 0.3) is 0 Å². The van der Waals surface area contributed by atoms with E-state index in [9.17, 15) is 0 Å². The highest BCUT2D eigenvalue weighted by molar-refractivity contribution is 5.35. The summed E-state index contributed by atoms with van der Waals surface area (Å²) in [5, 5.41) is 0. The fourth-order valence-corrected chi connectivity index (χ4v) is 2.79. The lowest BCUT2D eigenvalue weighted by Gasteiger charge is -2.07. The van der Waals surface area contributed by atoms with Gasteiger partial charge in [0.05, 0.1) is 7.11 Å². The minimum absolute atomic E-state index is 0.313. The van der Waals surface area contributed by atoms with E-state index in [2.05, 4.69) is 24.9 Å². The smallest absolute Gasteiger partial charge is 0.213 e. The van der Waals surface area contributed by atoms with Gasteiger partial charge < -0.3 is 10.5 Å². The largest absolute Gasteiger partial charge is 0.481 e. The second kappa shape index (κ2) is 3.74. The van der Waals surface area contributed by atoms with Gasteiger partial charge in [-0.2, -0.15) is 0 Å². The van der Waals surface area contributed by atoms with E-state index in [1.807, 2.05) is 13.0 Å². The van der Waals surface area contributed by atoms with Gasteiger partial charge in [-0.1, -0.05) is 13.8 Å². The Labute approximate surface area is 97.0 Å². The molecule has 0 radical (unpaired) electrons. The molecule has 1 aromatic rings. The number of aryl methyl sites for hydroxylation is 1. The van der Waals surface area contributed by atoms with Crippen LogP contribution in [0.1, 0.15) is 31.0 Å². The zero-order valence-corrected chi connectivity index (χ0v) is 10.4. The van der Waals surface area contributed by atoms with Crippen molar-refractivity contribution in [2.24, 2.45) is 17.1 Å². The Kier molecular flexibility index (Phi) is 2.66. The summed E-state index contributed by atoms with van der Waals surface area (Å²) in [5.74, 6) is 1.83. The van der Waals surface area contributed by atoms with E-state index in [1.165, 1.54) is 5.56 Å². The lowest BCUT2D eigenvalue weighted by molar-refractivity contribution is 0.396. The highest BCUT2D eigenvalue weighted by Gasteiger charge is 2.57. The Hall–Kier alpha value is -1.09. The van der Waals surface area contributed by atoms with Crippen LogP contribution >= 0.6 is 0 Å². The lowest BCUT2D eigenvalue weighted by Crippen LogP contribution is -2.05. The molecule has 1 saturated carbocycles. The van der Waals surface area contributed by atoms with Gasteiger partial charge in [0, 0.05) is 11.8 Å². The Morgan fingerprint density at radius 3 is 2.62 bits per heavy atom. The molecule has 3 nitrogen and oxygen atoms in total. The minimum Gasteiger partial charge on any atom is -0.481 e. The molecule has 0 bridgehead atoms. The molecule has 2 unspecified atom stereocenters. The van der Waals surface area contributed by atoms with Crippen molar-refractivity contribution in [1.82, 2.24) is 4.98 Å². The van der Waals surface area contributed by atoms with Crippen molar-refractivity contribution in [3.8, 4) is 5.88 Å². The molecule has 0 aromatic carbocycles. The molecule has 2 atom stereocenters. The number of methoxy groups -OCH3 is 1. The van der Waals surface area contributed by atoms with E-state index < -0.39 is 0 Å². The summed E-state index contributed by atoms with van der Waals surface area (Å²) in [6.45, 7) is 7.30. The third kappa shape index (κ3) is 1.69. The SMILES string of the molecule is COc1cc(C2C(CN)C2(C)C)cc(C)n1. The molecular formula is C13H20N2O. The molecule has 1 aliphatic rings. The number of rotatable bonds is 3. The highest BCUT2D eigenvalue weighted by Crippen LogP contribution is 2.63. The molecule has 88 valence electrons. The molecule has 1 aliphatic carbocycles. The van der Waals surface area contributed by atoms with Crippen molar-refractivity contribution in [1.29, 1.82) is 0 Å². The van der Waals surface area contributed by atoms with Crippen molar-refractivity contribution in [2.75, 3.05) is 13.7 Å². The van der Waals surface area contributed by atoms with Crippen LogP contribution in [0.15, 0.2) is 12.1 Å². The van der Waals surface area contributed by atoms with Crippen LogP contribution in [0, 0.1) is 18.3 Å². The number of nitrogens with two attached hydrogens (primary N) is 1. The molecule has 16 heavy (non-hydrogen) atoms. The van der Waals surface area contributed by atoms with Crippen LogP contribution in [0.4, 0.5) is 0 Å². The summed E-state index contributed by atoms with van der Waals surface area (Å²) in [6, 6.07) is 4.18. The van der Waals surface area contributed by atoms with Crippen LogP contribution in [0.2, 0.25) is 0 Å². The van der Waals surface area contributed by atoms with E-state index in [4.69, 9.17) is 10.5 Å². The summed E-state index contributed by atoms with van der Waals surface area (Å²) in [6.07, 6.45) is 0.